The van der Waals surface area contributed by atoms with Gasteiger partial charge in [-0.25, -0.2) is 0 Å². The normalized spacial score (nSPS) is 17.2. The molecule has 0 unspecified atom stereocenters. The van der Waals surface area contributed by atoms with Crippen molar-refractivity contribution in [2.45, 2.75) is 45.4 Å². The first kappa shape index (κ1) is 24.4. The predicted molar refractivity (Wildman–Crippen MR) is 183 cm³/mol. The average Bonchev–Trinajstić information content (AvgIpc) is 3.61. The Morgan fingerprint density at radius 2 is 1.24 bits per heavy atom. The number of benzene rings is 5. The molecule has 0 amide bonds. The van der Waals surface area contributed by atoms with Crippen molar-refractivity contribution in [2.75, 3.05) is 0 Å². The van der Waals surface area contributed by atoms with Crippen LogP contribution in [0, 0.1) is 0 Å². The summed E-state index contributed by atoms with van der Waals surface area (Å²) in [7, 11) is 0. The van der Waals surface area contributed by atoms with Crippen LogP contribution in [-0.2, 0) is 10.8 Å². The molecule has 1 heteroatoms. The molecule has 0 saturated heterocycles. The van der Waals surface area contributed by atoms with Crippen LogP contribution < -0.4 is 9.75 Å². The van der Waals surface area contributed by atoms with E-state index in [0.29, 0.717) is 0 Å². The SMILES string of the molecule is C=c1sc2ccccc2c1=CC1=C(C)c2cc3c(cc2C1(C)C)-c1c(cc2c4c(cccc14)-c1ccccc1-2)C3(C)C. The molecule has 42 heavy (non-hydrogen) atoms. The maximum absolute atomic E-state index is 4.44. The van der Waals surface area contributed by atoms with Gasteiger partial charge < -0.3 is 0 Å². The van der Waals surface area contributed by atoms with Gasteiger partial charge in [-0.1, -0.05) is 94.9 Å². The minimum Gasteiger partial charge on any atom is -0.136 e. The van der Waals surface area contributed by atoms with Crippen molar-refractivity contribution in [1.29, 1.82) is 0 Å². The van der Waals surface area contributed by atoms with Crippen molar-refractivity contribution in [3.8, 4) is 33.4 Å². The van der Waals surface area contributed by atoms with E-state index >= 15 is 0 Å². The number of fused-ring (bicyclic) bond motifs is 9. The summed E-state index contributed by atoms with van der Waals surface area (Å²) in [6.45, 7) is 16.4. The molecule has 1 aromatic heterocycles. The van der Waals surface area contributed by atoms with Gasteiger partial charge in [-0.3, -0.25) is 0 Å². The Morgan fingerprint density at radius 3 is 2.05 bits per heavy atom. The number of thiophene rings is 1. The molecular weight excluding hydrogens is 525 g/mol. The second-order valence-corrected chi connectivity index (χ2v) is 14.6. The van der Waals surface area contributed by atoms with Crippen LogP contribution >= 0.6 is 11.3 Å². The van der Waals surface area contributed by atoms with Gasteiger partial charge in [0.05, 0.1) is 0 Å². The summed E-state index contributed by atoms with van der Waals surface area (Å²) in [6.07, 6.45) is 2.44. The third-order valence-corrected chi connectivity index (χ3v) is 11.6. The van der Waals surface area contributed by atoms with Crippen molar-refractivity contribution in [3.63, 3.8) is 0 Å². The van der Waals surface area contributed by atoms with Gasteiger partial charge >= 0.3 is 0 Å². The molecule has 0 aliphatic heterocycles. The molecule has 0 atom stereocenters. The fourth-order valence-electron chi connectivity index (χ4n) is 8.42. The summed E-state index contributed by atoms with van der Waals surface area (Å²) in [6, 6.07) is 32.2. The van der Waals surface area contributed by atoms with E-state index in [1.165, 1.54) is 92.9 Å². The Balaban J connectivity index is 1.31. The molecule has 0 nitrogen and oxygen atoms in total. The summed E-state index contributed by atoms with van der Waals surface area (Å²) >= 11 is 1.80. The minimum absolute atomic E-state index is 0.0844. The van der Waals surface area contributed by atoms with Gasteiger partial charge in [0, 0.05) is 30.7 Å². The zero-order chi connectivity index (χ0) is 28.7. The fraction of sp³-hybridized carbons (Fsp3) is 0.171. The molecule has 6 aromatic rings. The maximum Gasteiger partial charge on any atom is 0.0355 e. The average molecular weight is 557 g/mol. The van der Waals surface area contributed by atoms with Crippen LogP contribution in [0.1, 0.15) is 56.9 Å². The van der Waals surface area contributed by atoms with Crippen LogP contribution in [0.4, 0.5) is 0 Å². The summed E-state index contributed by atoms with van der Waals surface area (Å²) in [4.78, 5) is 0. The first-order valence-corrected chi connectivity index (χ1v) is 15.8. The molecule has 3 aliphatic carbocycles. The minimum atomic E-state index is -0.109. The highest BCUT2D eigenvalue weighted by molar-refractivity contribution is 7.17. The molecule has 0 fully saturated rings. The Kier molecular flexibility index (Phi) is 4.53. The van der Waals surface area contributed by atoms with Crippen LogP contribution in [0.25, 0.3) is 72.5 Å². The van der Waals surface area contributed by atoms with E-state index in [2.05, 4.69) is 132 Å². The molecule has 9 rings (SSSR count). The van der Waals surface area contributed by atoms with E-state index in [1.54, 1.807) is 11.3 Å². The summed E-state index contributed by atoms with van der Waals surface area (Å²) in [5.41, 5.74) is 16.7. The van der Waals surface area contributed by atoms with Crippen molar-refractivity contribution in [2.24, 2.45) is 0 Å². The van der Waals surface area contributed by atoms with E-state index in [0.717, 1.165) is 4.53 Å². The Hall–Kier alpha value is -4.20. The van der Waals surface area contributed by atoms with E-state index in [-0.39, 0.29) is 10.8 Å². The van der Waals surface area contributed by atoms with Crippen LogP contribution in [0.3, 0.4) is 0 Å². The molecule has 1 heterocycles. The number of hydrogen-bond acceptors (Lipinski definition) is 1. The molecule has 202 valence electrons. The molecule has 5 aromatic carbocycles. The van der Waals surface area contributed by atoms with Crippen molar-refractivity contribution >= 4 is 50.4 Å². The van der Waals surface area contributed by atoms with Crippen LogP contribution in [-0.4, -0.2) is 0 Å². The van der Waals surface area contributed by atoms with E-state index in [1.807, 2.05) is 0 Å². The number of hydrogen-bond donors (Lipinski definition) is 0. The number of rotatable bonds is 1. The molecule has 0 radical (unpaired) electrons. The second-order valence-electron chi connectivity index (χ2n) is 13.4. The van der Waals surface area contributed by atoms with E-state index < -0.39 is 0 Å². The molecule has 0 saturated carbocycles. The lowest BCUT2D eigenvalue weighted by atomic mass is 9.78. The summed E-state index contributed by atoms with van der Waals surface area (Å²) in [5.74, 6) is 0. The fourth-order valence-corrected chi connectivity index (χ4v) is 9.40. The van der Waals surface area contributed by atoms with Gasteiger partial charge in [-0.05, 0) is 115 Å². The largest absolute Gasteiger partial charge is 0.136 e. The van der Waals surface area contributed by atoms with Gasteiger partial charge in [-0.2, -0.15) is 0 Å². The highest BCUT2D eigenvalue weighted by atomic mass is 32.1. The molecule has 3 aliphatic rings. The van der Waals surface area contributed by atoms with Crippen LogP contribution in [0.2, 0.25) is 0 Å². The Labute approximate surface area is 251 Å². The first-order chi connectivity index (χ1) is 20.2. The smallest absolute Gasteiger partial charge is 0.0355 e. The van der Waals surface area contributed by atoms with Crippen molar-refractivity contribution in [3.05, 3.63) is 123 Å². The maximum atomic E-state index is 4.44. The Morgan fingerprint density at radius 1 is 0.619 bits per heavy atom. The van der Waals surface area contributed by atoms with Gasteiger partial charge in [0.2, 0.25) is 0 Å². The topological polar surface area (TPSA) is 0 Å². The monoisotopic (exact) mass is 556 g/mol. The molecule has 0 bridgehead atoms. The third kappa shape index (κ3) is 2.83. The quantitative estimate of drug-likeness (QED) is 0.189. The lowest BCUT2D eigenvalue weighted by Crippen LogP contribution is -2.22. The summed E-state index contributed by atoms with van der Waals surface area (Å²) < 4.78 is 2.45. The molecule has 0 spiro atoms. The second kappa shape index (κ2) is 7.79. The summed E-state index contributed by atoms with van der Waals surface area (Å²) in [5, 5.41) is 5.38. The lowest BCUT2D eigenvalue weighted by molar-refractivity contribution is 0.651. The molecule has 0 N–H and O–H groups in total. The third-order valence-electron chi connectivity index (χ3n) is 10.6. The Bertz CT molecular complexity index is 2370. The highest BCUT2D eigenvalue weighted by Gasteiger charge is 2.43. The van der Waals surface area contributed by atoms with Gasteiger partial charge in [0.15, 0.2) is 0 Å². The predicted octanol–water partition coefficient (Wildman–Crippen LogP) is 9.96. The van der Waals surface area contributed by atoms with Crippen LogP contribution in [0.15, 0.2) is 90.5 Å². The van der Waals surface area contributed by atoms with E-state index in [9.17, 15) is 0 Å². The van der Waals surface area contributed by atoms with Gasteiger partial charge in [-0.15, -0.1) is 11.3 Å². The number of allylic oxidation sites excluding steroid dienone is 2. The lowest BCUT2D eigenvalue weighted by Gasteiger charge is -2.25. The van der Waals surface area contributed by atoms with E-state index in [4.69, 9.17) is 0 Å². The molecular formula is C41H32S. The van der Waals surface area contributed by atoms with Crippen molar-refractivity contribution < 1.29 is 0 Å². The standard InChI is InChI=1S/C41H32S/c1-22-29-18-35-32(21-34(29)40(3,4)33(22)19-30-23(2)42-37-17-10-9-14-26(30)37)39-28-16-11-15-27-24-12-7-8-13-25(24)31(38(27)28)20-36(39)41(35,5)6/h7-21H,2H2,1,3-6H3. The zero-order valence-corrected chi connectivity index (χ0v) is 25.6. The van der Waals surface area contributed by atoms with Gasteiger partial charge in [0.25, 0.3) is 0 Å². The first-order valence-electron chi connectivity index (χ1n) is 15.0. The van der Waals surface area contributed by atoms with Gasteiger partial charge in [0.1, 0.15) is 0 Å². The highest BCUT2D eigenvalue weighted by Crippen LogP contribution is 2.59. The van der Waals surface area contributed by atoms with Crippen LogP contribution in [0.5, 0.6) is 0 Å². The van der Waals surface area contributed by atoms with Crippen molar-refractivity contribution in [1.82, 2.24) is 0 Å². The zero-order valence-electron chi connectivity index (χ0n) is 24.8.